The summed E-state index contributed by atoms with van der Waals surface area (Å²) in [6.07, 6.45) is 3.40. The summed E-state index contributed by atoms with van der Waals surface area (Å²) in [5.74, 6) is 1.18. The first-order valence-corrected chi connectivity index (χ1v) is 6.16. The van der Waals surface area contributed by atoms with Gasteiger partial charge in [0.05, 0.1) is 0 Å². The van der Waals surface area contributed by atoms with Gasteiger partial charge >= 0.3 is 0 Å². The highest BCUT2D eigenvalue weighted by Crippen LogP contribution is 2.23. The highest BCUT2D eigenvalue weighted by Gasteiger charge is 2.24. The summed E-state index contributed by atoms with van der Waals surface area (Å²) < 4.78 is 0. The first kappa shape index (κ1) is 13.3. The van der Waals surface area contributed by atoms with E-state index in [-0.39, 0.29) is 5.41 Å². The Morgan fingerprint density at radius 2 is 2.25 bits per heavy atom. The van der Waals surface area contributed by atoms with E-state index >= 15 is 0 Å². The summed E-state index contributed by atoms with van der Waals surface area (Å²) in [6, 6.07) is 0. The molecule has 0 aromatic rings. The molecule has 0 aromatic heterocycles. The molecular weight excluding hydrogens is 202 g/mol. The molecule has 1 unspecified atom stereocenters. The quantitative estimate of drug-likeness (QED) is 0.326. The second kappa shape index (κ2) is 5.53. The Morgan fingerprint density at radius 1 is 1.56 bits per heavy atom. The van der Waals surface area contributed by atoms with E-state index < -0.39 is 0 Å². The van der Waals surface area contributed by atoms with Crippen molar-refractivity contribution in [1.82, 2.24) is 4.90 Å². The van der Waals surface area contributed by atoms with Crippen molar-refractivity contribution in [3.63, 3.8) is 0 Å². The van der Waals surface area contributed by atoms with Crippen LogP contribution in [-0.4, -0.2) is 35.6 Å². The molecule has 0 aliphatic carbocycles. The third kappa shape index (κ3) is 3.67. The molecule has 4 heteroatoms. The first-order chi connectivity index (χ1) is 7.45. The number of nitrogens with two attached hydrogens (primary N) is 1. The molecule has 0 aromatic carbocycles. The lowest BCUT2D eigenvalue weighted by atomic mass is 9.86. The number of hydrogen-bond donors (Lipinski definition) is 2. The standard InChI is InChI=1S/C12H25N3O/c1-10-5-8-15(9-10)7-4-6-12(2,3)11(13)14-16/h10,16H,4-9H2,1-3H3,(H2,13,14). The lowest BCUT2D eigenvalue weighted by Gasteiger charge is -2.24. The normalized spacial score (nSPS) is 23.9. The van der Waals surface area contributed by atoms with Crippen LogP contribution in [-0.2, 0) is 0 Å². The minimum Gasteiger partial charge on any atom is -0.409 e. The van der Waals surface area contributed by atoms with Gasteiger partial charge in [0.1, 0.15) is 5.84 Å². The van der Waals surface area contributed by atoms with Crippen molar-refractivity contribution in [2.45, 2.75) is 40.0 Å². The summed E-state index contributed by atoms with van der Waals surface area (Å²) in [6.45, 7) is 9.94. The van der Waals surface area contributed by atoms with Gasteiger partial charge in [0.25, 0.3) is 0 Å². The molecule has 1 fully saturated rings. The van der Waals surface area contributed by atoms with E-state index in [4.69, 9.17) is 10.9 Å². The van der Waals surface area contributed by atoms with E-state index in [1.54, 1.807) is 0 Å². The van der Waals surface area contributed by atoms with Crippen molar-refractivity contribution in [3.05, 3.63) is 0 Å². The molecule has 0 bridgehead atoms. The van der Waals surface area contributed by atoms with Crippen LogP contribution in [0, 0.1) is 11.3 Å². The Balaban J connectivity index is 2.25. The fraction of sp³-hybridized carbons (Fsp3) is 0.917. The molecule has 0 saturated carbocycles. The zero-order valence-electron chi connectivity index (χ0n) is 10.7. The predicted molar refractivity (Wildman–Crippen MR) is 66.6 cm³/mol. The first-order valence-electron chi connectivity index (χ1n) is 6.16. The Hall–Kier alpha value is -0.770. The van der Waals surface area contributed by atoms with Crippen molar-refractivity contribution in [3.8, 4) is 0 Å². The SMILES string of the molecule is CC1CCN(CCCC(C)(C)C(N)=NO)C1. The fourth-order valence-corrected chi connectivity index (χ4v) is 2.24. The van der Waals surface area contributed by atoms with Crippen LogP contribution in [0.5, 0.6) is 0 Å². The molecule has 1 rings (SSSR count). The van der Waals surface area contributed by atoms with Gasteiger partial charge < -0.3 is 15.8 Å². The Morgan fingerprint density at radius 3 is 2.75 bits per heavy atom. The van der Waals surface area contributed by atoms with Gasteiger partial charge in [-0.1, -0.05) is 25.9 Å². The number of oxime groups is 1. The van der Waals surface area contributed by atoms with Crippen LogP contribution in [0.1, 0.15) is 40.0 Å². The predicted octanol–water partition coefficient (Wildman–Crippen LogP) is 1.88. The smallest absolute Gasteiger partial charge is 0.144 e. The van der Waals surface area contributed by atoms with E-state index in [0.717, 1.165) is 25.3 Å². The maximum atomic E-state index is 8.67. The molecule has 3 N–H and O–H groups in total. The summed E-state index contributed by atoms with van der Waals surface area (Å²) in [5.41, 5.74) is 5.46. The van der Waals surface area contributed by atoms with E-state index in [9.17, 15) is 0 Å². The molecule has 0 spiro atoms. The lowest BCUT2D eigenvalue weighted by molar-refractivity contribution is 0.288. The van der Waals surface area contributed by atoms with Crippen LogP contribution in [0.15, 0.2) is 5.16 Å². The minimum absolute atomic E-state index is 0.194. The molecular formula is C12H25N3O. The van der Waals surface area contributed by atoms with Gasteiger partial charge in [0.2, 0.25) is 0 Å². The number of hydrogen-bond acceptors (Lipinski definition) is 3. The molecule has 1 aliphatic heterocycles. The van der Waals surface area contributed by atoms with Gasteiger partial charge in [-0.15, -0.1) is 0 Å². The van der Waals surface area contributed by atoms with Crippen molar-refractivity contribution >= 4 is 5.84 Å². The number of nitrogens with zero attached hydrogens (tertiary/aromatic N) is 2. The van der Waals surface area contributed by atoms with Crippen molar-refractivity contribution in [2.24, 2.45) is 22.2 Å². The average molecular weight is 227 g/mol. The average Bonchev–Trinajstić information content (AvgIpc) is 2.62. The molecule has 1 aliphatic rings. The van der Waals surface area contributed by atoms with Gasteiger partial charge in [-0.2, -0.15) is 0 Å². The fourth-order valence-electron chi connectivity index (χ4n) is 2.24. The van der Waals surface area contributed by atoms with Gasteiger partial charge in [-0.25, -0.2) is 0 Å². The molecule has 1 heterocycles. The Bertz CT molecular complexity index is 251. The van der Waals surface area contributed by atoms with Gasteiger partial charge in [-0.3, -0.25) is 0 Å². The van der Waals surface area contributed by atoms with Gasteiger partial charge in [0, 0.05) is 12.0 Å². The molecule has 1 atom stereocenters. The van der Waals surface area contributed by atoms with Crippen LogP contribution in [0.3, 0.4) is 0 Å². The molecule has 1 saturated heterocycles. The van der Waals surface area contributed by atoms with E-state index in [0.29, 0.717) is 5.84 Å². The van der Waals surface area contributed by atoms with Crippen molar-refractivity contribution in [2.75, 3.05) is 19.6 Å². The second-order valence-corrected chi connectivity index (χ2v) is 5.67. The summed E-state index contributed by atoms with van der Waals surface area (Å²) in [5, 5.41) is 11.8. The highest BCUT2D eigenvalue weighted by molar-refractivity contribution is 5.85. The van der Waals surface area contributed by atoms with E-state index in [1.165, 1.54) is 19.5 Å². The Kier molecular flexibility index (Phi) is 4.59. The van der Waals surface area contributed by atoms with Gasteiger partial charge in [-0.05, 0) is 38.3 Å². The van der Waals surface area contributed by atoms with Crippen molar-refractivity contribution < 1.29 is 5.21 Å². The number of rotatable bonds is 5. The second-order valence-electron chi connectivity index (χ2n) is 5.67. The molecule has 0 radical (unpaired) electrons. The molecule has 16 heavy (non-hydrogen) atoms. The number of likely N-dealkylation sites (tertiary alicyclic amines) is 1. The van der Waals surface area contributed by atoms with Crippen LogP contribution < -0.4 is 5.73 Å². The van der Waals surface area contributed by atoms with Crippen LogP contribution >= 0.6 is 0 Å². The molecule has 4 nitrogen and oxygen atoms in total. The van der Waals surface area contributed by atoms with Gasteiger partial charge in [0.15, 0.2) is 0 Å². The lowest BCUT2D eigenvalue weighted by Crippen LogP contribution is -2.33. The summed E-state index contributed by atoms with van der Waals surface area (Å²) in [4.78, 5) is 2.51. The maximum Gasteiger partial charge on any atom is 0.144 e. The third-order valence-corrected chi connectivity index (χ3v) is 3.59. The van der Waals surface area contributed by atoms with Crippen LogP contribution in [0.25, 0.3) is 0 Å². The van der Waals surface area contributed by atoms with Crippen molar-refractivity contribution in [1.29, 1.82) is 0 Å². The molecule has 0 amide bonds. The van der Waals surface area contributed by atoms with E-state index in [1.807, 2.05) is 13.8 Å². The van der Waals surface area contributed by atoms with Crippen LogP contribution in [0.4, 0.5) is 0 Å². The summed E-state index contributed by atoms with van der Waals surface area (Å²) in [7, 11) is 0. The summed E-state index contributed by atoms with van der Waals surface area (Å²) >= 11 is 0. The molecule has 94 valence electrons. The zero-order chi connectivity index (χ0) is 12.2. The van der Waals surface area contributed by atoms with Crippen LogP contribution in [0.2, 0.25) is 0 Å². The number of amidine groups is 1. The maximum absolute atomic E-state index is 8.67. The third-order valence-electron chi connectivity index (χ3n) is 3.59. The minimum atomic E-state index is -0.194. The topological polar surface area (TPSA) is 61.8 Å². The largest absolute Gasteiger partial charge is 0.409 e. The zero-order valence-corrected chi connectivity index (χ0v) is 10.7. The monoisotopic (exact) mass is 227 g/mol. The Labute approximate surface area is 98.5 Å². The van der Waals surface area contributed by atoms with E-state index in [2.05, 4.69) is 17.0 Å². The highest BCUT2D eigenvalue weighted by atomic mass is 16.4.